The largest absolute Gasteiger partial charge is 0.364 e. The first-order valence-electron chi connectivity index (χ1n) is 13.3. The first-order chi connectivity index (χ1) is 19.3. The molecular weight excluding hydrogens is 540 g/mol. The molecule has 40 heavy (non-hydrogen) atoms. The maximum atomic E-state index is 13.4. The van der Waals surface area contributed by atoms with Gasteiger partial charge in [-0.3, -0.25) is 4.79 Å². The van der Waals surface area contributed by atoms with Gasteiger partial charge >= 0.3 is 0 Å². The number of ketones is 1. The smallest absolute Gasteiger partial charge is 0.221 e. The van der Waals surface area contributed by atoms with E-state index in [9.17, 15) is 9.90 Å². The van der Waals surface area contributed by atoms with Crippen LogP contribution in [-0.4, -0.2) is 33.2 Å². The van der Waals surface area contributed by atoms with Gasteiger partial charge in [0.2, 0.25) is 6.29 Å². The molecule has 1 heterocycles. The number of oxime groups is 1. The number of aryl methyl sites for hydroxylation is 2. The van der Waals surface area contributed by atoms with Crippen molar-refractivity contribution in [2.24, 2.45) is 5.16 Å². The summed E-state index contributed by atoms with van der Waals surface area (Å²) in [5.74, 6) is 0.621. The average Bonchev–Trinajstić information content (AvgIpc) is 3.27. The monoisotopic (exact) mass is 570 g/mol. The van der Waals surface area contributed by atoms with Crippen LogP contribution in [0.2, 0.25) is 5.02 Å². The quantitative estimate of drug-likeness (QED) is 0.0606. The van der Waals surface area contributed by atoms with Gasteiger partial charge in [-0.15, -0.1) is 11.8 Å². The molecule has 1 aromatic heterocycles. The van der Waals surface area contributed by atoms with Gasteiger partial charge in [0.15, 0.2) is 5.78 Å². The van der Waals surface area contributed by atoms with E-state index in [1.165, 1.54) is 6.92 Å². The molecule has 0 amide bonds. The molecule has 5 rings (SSSR count). The van der Waals surface area contributed by atoms with Gasteiger partial charge in [-0.25, -0.2) is 0 Å². The molecule has 0 spiro atoms. The number of aliphatic hydroxyl groups is 1. The summed E-state index contributed by atoms with van der Waals surface area (Å²) < 4.78 is 2.28. The number of rotatable bonds is 10. The number of carbonyl (C=O) groups is 1. The molecule has 4 aromatic carbocycles. The van der Waals surface area contributed by atoms with E-state index < -0.39 is 6.29 Å². The molecule has 1 N–H and O–H groups in total. The zero-order valence-electron chi connectivity index (χ0n) is 22.7. The number of aliphatic hydroxyl groups excluding tert-OH is 1. The molecular formula is C33H31ClN2O3S. The molecule has 1 atom stereocenters. The third-order valence-corrected chi connectivity index (χ3v) is 8.19. The maximum absolute atomic E-state index is 13.4. The highest BCUT2D eigenvalue weighted by atomic mass is 35.5. The van der Waals surface area contributed by atoms with Crippen molar-refractivity contribution < 1.29 is 14.7 Å². The van der Waals surface area contributed by atoms with Crippen molar-refractivity contribution in [2.45, 2.75) is 44.9 Å². The van der Waals surface area contributed by atoms with E-state index in [1.54, 1.807) is 11.8 Å². The van der Waals surface area contributed by atoms with Crippen LogP contribution >= 0.6 is 23.4 Å². The van der Waals surface area contributed by atoms with Gasteiger partial charge in [-0.1, -0.05) is 47.1 Å². The Morgan fingerprint density at radius 3 is 2.40 bits per heavy atom. The van der Waals surface area contributed by atoms with Crippen molar-refractivity contribution in [3.63, 3.8) is 0 Å². The number of aromatic nitrogens is 1. The molecule has 0 saturated heterocycles. The van der Waals surface area contributed by atoms with Crippen LogP contribution in [-0.2, 0) is 17.8 Å². The van der Waals surface area contributed by atoms with E-state index >= 15 is 0 Å². The zero-order valence-corrected chi connectivity index (χ0v) is 24.3. The second kappa shape index (κ2) is 12.3. The fraction of sp³-hybridized carbons (Fsp3) is 0.212. The third kappa shape index (κ3) is 6.09. The van der Waals surface area contributed by atoms with Crippen LogP contribution in [0.3, 0.4) is 0 Å². The highest BCUT2D eigenvalue weighted by Crippen LogP contribution is 2.32. The Hall–Kier alpha value is -3.58. The predicted octanol–water partition coefficient (Wildman–Crippen LogP) is 8.05. The molecule has 0 saturated carbocycles. The maximum Gasteiger partial charge on any atom is 0.221 e. The van der Waals surface area contributed by atoms with Crippen LogP contribution in [0.25, 0.3) is 21.8 Å². The lowest BCUT2D eigenvalue weighted by molar-refractivity contribution is -0.0839. The fourth-order valence-corrected chi connectivity index (χ4v) is 5.86. The van der Waals surface area contributed by atoms with Crippen LogP contribution in [0.15, 0.2) is 95.0 Å². The molecule has 1 unspecified atom stereocenters. The lowest BCUT2D eigenvalue weighted by Gasteiger charge is -2.09. The lowest BCUT2D eigenvalue weighted by atomic mass is 9.97. The second-order valence-corrected chi connectivity index (χ2v) is 11.2. The number of thioether (sulfide) groups is 1. The lowest BCUT2D eigenvalue weighted by Crippen LogP contribution is -2.11. The molecule has 5 aromatic rings. The first-order valence-corrected chi connectivity index (χ1v) is 14.6. The summed E-state index contributed by atoms with van der Waals surface area (Å²) in [7, 11) is 0. The van der Waals surface area contributed by atoms with Crippen molar-refractivity contribution in [1.82, 2.24) is 4.57 Å². The summed E-state index contributed by atoms with van der Waals surface area (Å²) in [5, 5.41) is 16.8. The molecule has 204 valence electrons. The van der Waals surface area contributed by atoms with Gasteiger partial charge in [0.1, 0.15) is 0 Å². The first kappa shape index (κ1) is 28.0. The van der Waals surface area contributed by atoms with Crippen molar-refractivity contribution in [3.8, 4) is 0 Å². The fourth-order valence-electron chi connectivity index (χ4n) is 4.92. The summed E-state index contributed by atoms with van der Waals surface area (Å²) in [6.07, 6.45) is -0.436. The molecule has 7 heteroatoms. The van der Waals surface area contributed by atoms with E-state index in [2.05, 4.69) is 40.9 Å². The number of hydrogen-bond donors (Lipinski definition) is 1. The molecule has 5 nitrogen and oxygen atoms in total. The average molecular weight is 571 g/mol. The highest BCUT2D eigenvalue weighted by Gasteiger charge is 2.16. The van der Waals surface area contributed by atoms with Gasteiger partial charge in [0, 0.05) is 68.5 Å². The van der Waals surface area contributed by atoms with Gasteiger partial charge in [-0.05, 0) is 79.6 Å². The van der Waals surface area contributed by atoms with Crippen molar-refractivity contribution in [2.75, 3.05) is 5.75 Å². The molecule has 0 bridgehead atoms. The minimum atomic E-state index is -0.996. The topological polar surface area (TPSA) is 63.8 Å². The molecule has 0 aliphatic rings. The van der Waals surface area contributed by atoms with Crippen LogP contribution in [0.5, 0.6) is 0 Å². The van der Waals surface area contributed by atoms with E-state index in [4.69, 9.17) is 16.4 Å². The SMILES string of the molecule is CCn1c2ccc(CC(CSc3ccc(Cl)cc3)=NOC(C)O)cc2c2cc(C(=O)c3ccccc3C)ccc21. The van der Waals surface area contributed by atoms with Crippen LogP contribution < -0.4 is 0 Å². The van der Waals surface area contributed by atoms with Crippen molar-refractivity contribution in [3.05, 3.63) is 112 Å². The highest BCUT2D eigenvalue weighted by molar-refractivity contribution is 8.00. The van der Waals surface area contributed by atoms with E-state index in [1.807, 2.05) is 67.6 Å². The normalized spacial score (nSPS) is 12.7. The third-order valence-electron chi connectivity index (χ3n) is 6.86. The summed E-state index contributed by atoms with van der Waals surface area (Å²) in [5.41, 5.74) is 6.45. The Balaban J connectivity index is 1.50. The number of carbonyl (C=O) groups excluding carboxylic acids is 1. The Morgan fingerprint density at radius 1 is 1.00 bits per heavy atom. The number of benzene rings is 4. The zero-order chi connectivity index (χ0) is 28.2. The van der Waals surface area contributed by atoms with Gasteiger partial charge < -0.3 is 14.5 Å². The number of fused-ring (bicyclic) bond motifs is 3. The van der Waals surface area contributed by atoms with Crippen molar-refractivity contribution in [1.29, 1.82) is 0 Å². The second-order valence-electron chi connectivity index (χ2n) is 9.75. The Morgan fingerprint density at radius 2 is 1.70 bits per heavy atom. The summed E-state index contributed by atoms with van der Waals surface area (Å²) >= 11 is 7.67. The van der Waals surface area contributed by atoms with E-state index in [0.29, 0.717) is 22.8 Å². The van der Waals surface area contributed by atoms with Gasteiger partial charge in [0.25, 0.3) is 0 Å². The predicted molar refractivity (Wildman–Crippen MR) is 166 cm³/mol. The van der Waals surface area contributed by atoms with Crippen LogP contribution in [0, 0.1) is 6.92 Å². The van der Waals surface area contributed by atoms with Gasteiger partial charge in [0.05, 0.1) is 5.71 Å². The number of halogens is 1. The Bertz CT molecular complexity index is 1710. The number of nitrogens with zero attached hydrogens (tertiary/aromatic N) is 2. The molecule has 0 aliphatic heterocycles. The van der Waals surface area contributed by atoms with Gasteiger partial charge in [-0.2, -0.15) is 0 Å². The summed E-state index contributed by atoms with van der Waals surface area (Å²) in [6, 6.07) is 27.8. The summed E-state index contributed by atoms with van der Waals surface area (Å²) in [4.78, 5) is 19.7. The minimum absolute atomic E-state index is 0.0254. The Labute approximate surface area is 243 Å². The van der Waals surface area contributed by atoms with E-state index in [0.717, 1.165) is 55.6 Å². The van der Waals surface area contributed by atoms with Crippen LogP contribution in [0.4, 0.5) is 0 Å². The molecule has 0 aliphatic carbocycles. The minimum Gasteiger partial charge on any atom is -0.364 e. The standard InChI is InChI=1S/C33H31ClN2O3S/c1-4-36-31-15-9-23(17-26(35-39-22(3)37)20-40-27-13-11-25(34)12-14-27)18-29(31)30-19-24(10-16-32(30)36)33(38)28-8-6-5-7-21(28)2/h5-16,18-19,22,37H,4,17,20H2,1-3H3. The van der Waals surface area contributed by atoms with Crippen molar-refractivity contribution >= 4 is 56.7 Å². The van der Waals surface area contributed by atoms with Crippen LogP contribution in [0.1, 0.15) is 40.9 Å². The molecule has 0 fully saturated rings. The number of hydrogen-bond acceptors (Lipinski definition) is 5. The molecule has 0 radical (unpaired) electrons. The summed E-state index contributed by atoms with van der Waals surface area (Å²) in [6.45, 7) is 6.45. The Kier molecular flexibility index (Phi) is 8.60. The van der Waals surface area contributed by atoms with E-state index in [-0.39, 0.29) is 5.78 Å².